The Kier molecular flexibility index (Phi) is 23.0. The van der Waals surface area contributed by atoms with Crippen molar-refractivity contribution in [2.75, 3.05) is 0 Å². The van der Waals surface area contributed by atoms with Gasteiger partial charge in [0.15, 0.2) is 0 Å². The predicted molar refractivity (Wildman–Crippen MR) is 141 cm³/mol. The van der Waals surface area contributed by atoms with E-state index in [9.17, 15) is 28.8 Å². The lowest BCUT2D eigenvalue weighted by Crippen LogP contribution is -2.36. The lowest BCUT2D eigenvalue weighted by Gasteiger charge is -2.11. The van der Waals surface area contributed by atoms with Crippen LogP contribution in [0.4, 0.5) is 0 Å². The zero-order valence-electron chi connectivity index (χ0n) is 22.3. The average Bonchev–Trinajstić information content (AvgIpc) is 2.87. The van der Waals surface area contributed by atoms with E-state index in [1.165, 1.54) is 0 Å². The molecule has 1 rings (SSSR count). The summed E-state index contributed by atoms with van der Waals surface area (Å²) in [4.78, 5) is 60.0. The maximum atomic E-state index is 10.4. The van der Waals surface area contributed by atoms with Gasteiger partial charge in [-0.25, -0.2) is 0 Å². The molecule has 0 aliphatic carbocycles. The van der Waals surface area contributed by atoms with Gasteiger partial charge in [-0.2, -0.15) is 0 Å². The molecule has 0 fully saturated rings. The monoisotopic (exact) mass is 576 g/mol. The van der Waals surface area contributed by atoms with Gasteiger partial charge in [0.2, 0.25) is 0 Å². The average molecular weight is 577 g/mol. The van der Waals surface area contributed by atoms with Gasteiger partial charge in [-0.3, -0.25) is 28.8 Å². The van der Waals surface area contributed by atoms with Crippen molar-refractivity contribution in [1.29, 1.82) is 0 Å². The van der Waals surface area contributed by atoms with Gasteiger partial charge >= 0.3 is 35.8 Å². The molecular formula is C24H40N4O12. The van der Waals surface area contributed by atoms with Gasteiger partial charge in [-0.1, -0.05) is 50.6 Å². The predicted octanol–water partition coefficient (Wildman–Crippen LogP) is -0.778. The van der Waals surface area contributed by atoms with Gasteiger partial charge in [0.1, 0.15) is 24.2 Å². The van der Waals surface area contributed by atoms with Crippen molar-refractivity contribution in [1.82, 2.24) is 0 Å². The van der Waals surface area contributed by atoms with Crippen LogP contribution in [0.15, 0.2) is 30.3 Å². The normalized spacial score (nSPS) is 13.4. The summed E-state index contributed by atoms with van der Waals surface area (Å²) in [6.07, 6.45) is 0.442. The number of carbonyl (C=O) groups is 6. The highest BCUT2D eigenvalue weighted by Crippen LogP contribution is 2.04. The van der Waals surface area contributed by atoms with Crippen molar-refractivity contribution in [2.24, 2.45) is 28.9 Å². The van der Waals surface area contributed by atoms with E-state index < -0.39 is 66.4 Å². The first-order valence-corrected chi connectivity index (χ1v) is 11.8. The van der Waals surface area contributed by atoms with E-state index in [0.717, 1.165) is 12.0 Å². The molecule has 0 saturated carbocycles. The molecule has 1 aromatic rings. The molecule has 0 bridgehead atoms. The second kappa shape index (κ2) is 22.8. The summed E-state index contributed by atoms with van der Waals surface area (Å²) in [5, 5.41) is 49.2. The molecule has 0 aliphatic rings. The second-order valence-electron chi connectivity index (χ2n) is 8.30. The molecule has 0 saturated heterocycles. The minimum Gasteiger partial charge on any atom is -0.481 e. The van der Waals surface area contributed by atoms with Crippen LogP contribution in [-0.4, -0.2) is 90.6 Å². The summed E-state index contributed by atoms with van der Waals surface area (Å²) >= 11 is 0. The molecule has 0 amide bonds. The summed E-state index contributed by atoms with van der Waals surface area (Å²) in [6.45, 7) is 3.76. The highest BCUT2D eigenvalue weighted by Gasteiger charge is 2.17. The molecule has 40 heavy (non-hydrogen) atoms. The Hall–Kier alpha value is -4.12. The number of nitrogens with two attached hydrogens (primary N) is 4. The highest BCUT2D eigenvalue weighted by atomic mass is 16.4. The third-order valence-corrected chi connectivity index (χ3v) is 4.86. The number of carboxylic acid groups (broad SMARTS) is 6. The first-order chi connectivity index (χ1) is 18.4. The summed E-state index contributed by atoms with van der Waals surface area (Å²) in [7, 11) is 0. The van der Waals surface area contributed by atoms with Crippen LogP contribution in [0.25, 0.3) is 0 Å². The quantitative estimate of drug-likeness (QED) is 0.138. The Labute approximate surface area is 230 Å². The van der Waals surface area contributed by atoms with Gasteiger partial charge in [-0.05, 0) is 24.3 Å². The number of aliphatic carboxylic acids is 6. The zero-order chi connectivity index (χ0) is 32.0. The Balaban J connectivity index is -0.000000461. The number of hydrogen-bond acceptors (Lipinski definition) is 10. The SMILES string of the molecule is CCC(C)C(N)C(=O)O.NC(CC(=O)O)C(=O)O.NC(CCC(=O)O)C(=O)O.NC(Cc1ccccc1)C(=O)O. The minimum absolute atomic E-state index is 0.0231. The Bertz CT molecular complexity index is 930. The maximum absolute atomic E-state index is 10.4. The van der Waals surface area contributed by atoms with Crippen LogP contribution < -0.4 is 22.9 Å². The Morgan fingerprint density at radius 1 is 0.675 bits per heavy atom. The van der Waals surface area contributed by atoms with E-state index in [0.29, 0.717) is 6.42 Å². The first-order valence-electron chi connectivity index (χ1n) is 11.8. The summed E-state index contributed by atoms with van der Waals surface area (Å²) in [5.41, 5.74) is 21.4. The lowest BCUT2D eigenvalue weighted by atomic mass is 10.0. The number of benzene rings is 1. The van der Waals surface area contributed by atoms with Gasteiger partial charge in [0.05, 0.1) is 6.42 Å². The third kappa shape index (κ3) is 24.2. The van der Waals surface area contributed by atoms with E-state index in [1.54, 1.807) is 0 Å². The largest absolute Gasteiger partial charge is 0.481 e. The Morgan fingerprint density at radius 3 is 1.40 bits per heavy atom. The summed E-state index contributed by atoms with van der Waals surface area (Å²) in [5.74, 6) is -6.49. The standard InChI is InChI=1S/C9H11NO2.C6H13NO2.C5H9NO4.C4H7NO4/c10-8(9(11)12)6-7-4-2-1-3-5-7;1-3-4(2)5(7)6(8)9;6-3(5(9)10)1-2-4(7)8;5-2(4(8)9)1-3(6)7/h1-5,8H,6,10H2,(H,11,12);4-5H,3,7H2,1-2H3,(H,8,9);3H,1-2,6H2,(H,7,8)(H,9,10);2H,1,5H2,(H,6,7)(H,8,9). The minimum atomic E-state index is -1.29. The fourth-order valence-corrected chi connectivity index (χ4v) is 2.13. The van der Waals surface area contributed by atoms with Crippen LogP contribution in [0.1, 0.15) is 45.1 Å². The molecule has 0 aliphatic heterocycles. The summed E-state index contributed by atoms with van der Waals surface area (Å²) in [6, 6.07) is 5.50. The molecule has 0 spiro atoms. The topological polar surface area (TPSA) is 328 Å². The van der Waals surface area contributed by atoms with Gasteiger partial charge in [-0.15, -0.1) is 0 Å². The molecule has 16 nitrogen and oxygen atoms in total. The van der Waals surface area contributed by atoms with Crippen LogP contribution in [0, 0.1) is 5.92 Å². The van der Waals surface area contributed by atoms with E-state index in [-0.39, 0.29) is 18.8 Å². The van der Waals surface area contributed by atoms with Crippen molar-refractivity contribution in [3.63, 3.8) is 0 Å². The van der Waals surface area contributed by atoms with Gasteiger partial charge < -0.3 is 53.6 Å². The molecule has 0 radical (unpaired) electrons. The second-order valence-corrected chi connectivity index (χ2v) is 8.30. The molecule has 5 atom stereocenters. The van der Waals surface area contributed by atoms with Crippen molar-refractivity contribution in [3.8, 4) is 0 Å². The molecule has 5 unspecified atom stereocenters. The van der Waals surface area contributed by atoms with Crippen LogP contribution >= 0.6 is 0 Å². The van der Waals surface area contributed by atoms with Gasteiger partial charge in [0.25, 0.3) is 0 Å². The Morgan fingerprint density at radius 2 is 1.12 bits per heavy atom. The van der Waals surface area contributed by atoms with Gasteiger partial charge in [0, 0.05) is 6.42 Å². The van der Waals surface area contributed by atoms with Crippen LogP contribution in [0.3, 0.4) is 0 Å². The maximum Gasteiger partial charge on any atom is 0.321 e. The van der Waals surface area contributed by atoms with Crippen molar-refractivity contribution in [2.45, 2.75) is 70.1 Å². The molecular weight excluding hydrogens is 536 g/mol. The van der Waals surface area contributed by atoms with E-state index >= 15 is 0 Å². The van der Waals surface area contributed by atoms with E-state index in [4.69, 9.17) is 53.6 Å². The molecule has 14 N–H and O–H groups in total. The molecule has 16 heteroatoms. The number of carboxylic acids is 6. The van der Waals surface area contributed by atoms with Crippen LogP contribution in [0.2, 0.25) is 0 Å². The fraction of sp³-hybridized carbons (Fsp3) is 0.500. The molecule has 1 aromatic carbocycles. The van der Waals surface area contributed by atoms with Crippen LogP contribution in [0.5, 0.6) is 0 Å². The third-order valence-electron chi connectivity index (χ3n) is 4.86. The van der Waals surface area contributed by atoms with Crippen molar-refractivity contribution in [3.05, 3.63) is 35.9 Å². The highest BCUT2D eigenvalue weighted by molar-refractivity contribution is 5.80. The fourth-order valence-electron chi connectivity index (χ4n) is 2.13. The van der Waals surface area contributed by atoms with Crippen molar-refractivity contribution < 1.29 is 59.4 Å². The zero-order valence-corrected chi connectivity index (χ0v) is 22.3. The molecule has 228 valence electrons. The lowest BCUT2D eigenvalue weighted by molar-refractivity contribution is -0.144. The first kappa shape index (κ1) is 40.4. The van der Waals surface area contributed by atoms with E-state index in [1.807, 2.05) is 44.2 Å². The number of rotatable bonds is 13. The smallest absolute Gasteiger partial charge is 0.321 e. The molecule has 0 aromatic heterocycles. The van der Waals surface area contributed by atoms with Crippen LogP contribution in [-0.2, 0) is 35.2 Å². The summed E-state index contributed by atoms with van der Waals surface area (Å²) < 4.78 is 0. The van der Waals surface area contributed by atoms with E-state index in [2.05, 4.69) is 0 Å². The van der Waals surface area contributed by atoms with Crippen molar-refractivity contribution >= 4 is 35.8 Å². The molecule has 0 heterocycles. The number of hydrogen-bond donors (Lipinski definition) is 10.